The molecule has 0 spiro atoms. The minimum absolute atomic E-state index is 0.645. The molecule has 0 amide bonds. The van der Waals surface area contributed by atoms with E-state index >= 15 is 0 Å². The van der Waals surface area contributed by atoms with Gasteiger partial charge in [-0.1, -0.05) is 12.1 Å². The lowest BCUT2D eigenvalue weighted by molar-refractivity contribution is 0.290. The van der Waals surface area contributed by atoms with E-state index in [-0.39, 0.29) is 0 Å². The third kappa shape index (κ3) is 4.92. The molecule has 1 aliphatic rings. The van der Waals surface area contributed by atoms with Crippen LogP contribution in [0.15, 0.2) is 24.3 Å². The summed E-state index contributed by atoms with van der Waals surface area (Å²) < 4.78 is 5.66. The molecule has 0 radical (unpaired) electrons. The number of hydrogen-bond donors (Lipinski definition) is 0. The van der Waals surface area contributed by atoms with Crippen LogP contribution < -0.4 is 4.74 Å². The first-order valence-corrected chi connectivity index (χ1v) is 7.21. The van der Waals surface area contributed by atoms with E-state index in [1.807, 2.05) is 12.1 Å². The van der Waals surface area contributed by atoms with E-state index in [2.05, 4.69) is 9.74 Å². The number of ether oxygens (including phenoxy) is 1. The molecule has 1 aromatic rings. The van der Waals surface area contributed by atoms with Gasteiger partial charge in [0.15, 0.2) is 5.69 Å². The molecule has 1 aliphatic heterocycles. The maximum absolute atomic E-state index is 6.95. The van der Waals surface area contributed by atoms with Gasteiger partial charge in [-0.2, -0.15) is 0 Å². The zero-order valence-electron chi connectivity index (χ0n) is 11.5. The second-order valence-electron chi connectivity index (χ2n) is 5.07. The third-order valence-electron chi connectivity index (χ3n) is 3.53. The van der Waals surface area contributed by atoms with Gasteiger partial charge >= 0.3 is 0 Å². The second-order valence-corrected chi connectivity index (χ2v) is 5.07. The lowest BCUT2D eigenvalue weighted by atomic mass is 10.2. The van der Waals surface area contributed by atoms with Crippen molar-refractivity contribution in [3.05, 3.63) is 35.7 Å². The van der Waals surface area contributed by atoms with Crippen LogP contribution in [0.5, 0.6) is 5.75 Å². The van der Waals surface area contributed by atoms with Gasteiger partial charge in [-0.25, -0.2) is 4.85 Å². The molecule has 0 aromatic heterocycles. The summed E-state index contributed by atoms with van der Waals surface area (Å²) in [5.74, 6) is 0.813. The van der Waals surface area contributed by atoms with E-state index in [9.17, 15) is 0 Å². The van der Waals surface area contributed by atoms with Gasteiger partial charge in [-0.05, 0) is 63.9 Å². The predicted octanol–water partition coefficient (Wildman–Crippen LogP) is 3.88. The first-order valence-electron chi connectivity index (χ1n) is 7.21. The zero-order chi connectivity index (χ0) is 13.3. The Hall–Kier alpha value is -1.53. The molecule has 3 nitrogen and oxygen atoms in total. The monoisotopic (exact) mass is 258 g/mol. The first kappa shape index (κ1) is 13.9. The molecule has 0 bridgehead atoms. The average Bonchev–Trinajstić information content (AvgIpc) is 2.96. The van der Waals surface area contributed by atoms with Gasteiger partial charge in [-0.3, -0.25) is 0 Å². The number of rotatable bonds is 7. The molecular formula is C16H22N2O. The van der Waals surface area contributed by atoms with Crippen LogP contribution in [0.1, 0.15) is 32.1 Å². The molecule has 0 N–H and O–H groups in total. The Labute approximate surface area is 116 Å². The van der Waals surface area contributed by atoms with Crippen LogP contribution in [0.25, 0.3) is 4.85 Å². The van der Waals surface area contributed by atoms with E-state index < -0.39 is 0 Å². The fraction of sp³-hybridized carbons (Fsp3) is 0.562. The van der Waals surface area contributed by atoms with Gasteiger partial charge in [0, 0.05) is 0 Å². The highest BCUT2D eigenvalue weighted by molar-refractivity contribution is 5.48. The normalized spacial score (nSPS) is 15.3. The molecule has 0 unspecified atom stereocenters. The Morgan fingerprint density at radius 1 is 1.16 bits per heavy atom. The highest BCUT2D eigenvalue weighted by Crippen LogP contribution is 2.19. The van der Waals surface area contributed by atoms with Crippen molar-refractivity contribution in [3.8, 4) is 5.75 Å². The van der Waals surface area contributed by atoms with E-state index in [1.165, 1.54) is 45.3 Å². The van der Waals surface area contributed by atoms with Gasteiger partial charge < -0.3 is 9.64 Å². The Balaban J connectivity index is 1.55. The lowest BCUT2D eigenvalue weighted by Crippen LogP contribution is -2.20. The van der Waals surface area contributed by atoms with Crippen molar-refractivity contribution in [1.82, 2.24) is 4.90 Å². The molecule has 19 heavy (non-hydrogen) atoms. The molecule has 1 aromatic carbocycles. The Bertz CT molecular complexity index is 419. The van der Waals surface area contributed by atoms with Crippen molar-refractivity contribution in [1.29, 1.82) is 0 Å². The van der Waals surface area contributed by atoms with Gasteiger partial charge in [0.05, 0.1) is 13.2 Å². The van der Waals surface area contributed by atoms with Crippen molar-refractivity contribution >= 4 is 5.69 Å². The van der Waals surface area contributed by atoms with Crippen LogP contribution in [0.2, 0.25) is 0 Å². The standard InChI is InChI=1S/C16H22N2O/c1-17-15-8-7-9-16(14-15)19-13-6-2-3-10-18-11-4-5-12-18/h7-9,14H,2-6,10-13H2. The van der Waals surface area contributed by atoms with Crippen molar-refractivity contribution < 1.29 is 4.74 Å². The van der Waals surface area contributed by atoms with Crippen molar-refractivity contribution in [2.45, 2.75) is 32.1 Å². The Morgan fingerprint density at radius 2 is 2.00 bits per heavy atom. The minimum Gasteiger partial charge on any atom is -0.495 e. The highest BCUT2D eigenvalue weighted by Gasteiger charge is 2.09. The molecule has 1 fully saturated rings. The SMILES string of the molecule is [C-]#[N+]c1cccc(OCCCCCN2CCCC2)c1. The maximum atomic E-state index is 6.95. The fourth-order valence-corrected chi connectivity index (χ4v) is 2.45. The summed E-state index contributed by atoms with van der Waals surface area (Å²) in [5.41, 5.74) is 0.645. The zero-order valence-corrected chi connectivity index (χ0v) is 11.5. The highest BCUT2D eigenvalue weighted by atomic mass is 16.5. The number of nitrogens with zero attached hydrogens (tertiary/aromatic N) is 2. The molecule has 0 aliphatic carbocycles. The Kier molecular flexibility index (Phi) is 5.71. The summed E-state index contributed by atoms with van der Waals surface area (Å²) in [7, 11) is 0. The Morgan fingerprint density at radius 3 is 2.79 bits per heavy atom. The van der Waals surface area contributed by atoms with Crippen LogP contribution >= 0.6 is 0 Å². The van der Waals surface area contributed by atoms with Gasteiger partial charge in [0.2, 0.25) is 0 Å². The topological polar surface area (TPSA) is 16.8 Å². The van der Waals surface area contributed by atoms with Crippen LogP contribution in [0, 0.1) is 6.57 Å². The molecule has 1 saturated heterocycles. The van der Waals surface area contributed by atoms with Crippen LogP contribution in [-0.2, 0) is 0 Å². The molecule has 1 heterocycles. The molecule has 102 valence electrons. The summed E-state index contributed by atoms with van der Waals surface area (Å²) in [4.78, 5) is 5.95. The summed E-state index contributed by atoms with van der Waals surface area (Å²) in [5, 5.41) is 0. The third-order valence-corrected chi connectivity index (χ3v) is 3.53. The molecule has 2 rings (SSSR count). The van der Waals surface area contributed by atoms with Crippen molar-refractivity contribution in [2.75, 3.05) is 26.2 Å². The van der Waals surface area contributed by atoms with Crippen molar-refractivity contribution in [2.24, 2.45) is 0 Å². The second kappa shape index (κ2) is 7.81. The van der Waals surface area contributed by atoms with Crippen LogP contribution in [-0.4, -0.2) is 31.1 Å². The predicted molar refractivity (Wildman–Crippen MR) is 77.7 cm³/mol. The van der Waals surface area contributed by atoms with Crippen LogP contribution in [0.4, 0.5) is 5.69 Å². The van der Waals surface area contributed by atoms with E-state index in [1.54, 1.807) is 12.1 Å². The molecule has 3 heteroatoms. The average molecular weight is 258 g/mol. The smallest absolute Gasteiger partial charge is 0.190 e. The van der Waals surface area contributed by atoms with E-state index in [0.29, 0.717) is 5.69 Å². The van der Waals surface area contributed by atoms with Gasteiger partial charge in [0.1, 0.15) is 5.75 Å². The quantitative estimate of drug-likeness (QED) is 0.545. The minimum atomic E-state index is 0.645. The summed E-state index contributed by atoms with van der Waals surface area (Å²) in [6.45, 7) is 11.5. The lowest BCUT2D eigenvalue weighted by Gasteiger charge is -2.13. The number of likely N-dealkylation sites (tertiary alicyclic amines) is 1. The summed E-state index contributed by atoms with van der Waals surface area (Å²) in [6, 6.07) is 7.39. The number of hydrogen-bond acceptors (Lipinski definition) is 2. The molecular weight excluding hydrogens is 236 g/mol. The first-order chi connectivity index (χ1) is 9.38. The van der Waals surface area contributed by atoms with E-state index in [0.717, 1.165) is 18.8 Å². The largest absolute Gasteiger partial charge is 0.495 e. The van der Waals surface area contributed by atoms with Crippen LogP contribution in [0.3, 0.4) is 0 Å². The summed E-state index contributed by atoms with van der Waals surface area (Å²) >= 11 is 0. The van der Waals surface area contributed by atoms with Gasteiger partial charge in [-0.15, -0.1) is 0 Å². The molecule has 0 atom stereocenters. The number of benzene rings is 1. The van der Waals surface area contributed by atoms with Crippen molar-refractivity contribution in [3.63, 3.8) is 0 Å². The van der Waals surface area contributed by atoms with E-state index in [4.69, 9.17) is 11.3 Å². The fourth-order valence-electron chi connectivity index (χ4n) is 2.45. The van der Waals surface area contributed by atoms with Gasteiger partial charge in [0.25, 0.3) is 0 Å². The summed E-state index contributed by atoms with van der Waals surface area (Å²) in [6.07, 6.45) is 6.33. The maximum Gasteiger partial charge on any atom is 0.190 e. The molecule has 0 saturated carbocycles. The number of unbranched alkanes of at least 4 members (excludes halogenated alkanes) is 2.